The van der Waals surface area contributed by atoms with Gasteiger partial charge in [0.25, 0.3) is 5.91 Å². The molecule has 4 rings (SSSR count). The Morgan fingerprint density at radius 3 is 2.62 bits per heavy atom. The van der Waals surface area contributed by atoms with Crippen LogP contribution in [0.3, 0.4) is 0 Å². The largest absolute Gasteiger partial charge is 0.361 e. The second-order valence-electron chi connectivity index (χ2n) is 6.97. The third-order valence-corrected chi connectivity index (χ3v) is 4.88. The van der Waals surface area contributed by atoms with Crippen molar-refractivity contribution in [3.05, 3.63) is 90.0 Å². The molecule has 0 radical (unpaired) electrons. The summed E-state index contributed by atoms with van der Waals surface area (Å²) in [5, 5.41) is 4.11. The van der Waals surface area contributed by atoms with Crippen molar-refractivity contribution in [2.45, 2.75) is 13.0 Å². The third-order valence-electron chi connectivity index (χ3n) is 4.88. The first-order valence-corrected chi connectivity index (χ1v) is 9.61. The van der Waals surface area contributed by atoms with Gasteiger partial charge in [-0.15, -0.1) is 0 Å². The number of carbonyl (C=O) groups excluding carboxylic acids is 1. The van der Waals surface area contributed by atoms with Gasteiger partial charge in [-0.25, -0.2) is 9.97 Å². The van der Waals surface area contributed by atoms with E-state index in [-0.39, 0.29) is 5.91 Å². The van der Waals surface area contributed by atoms with Gasteiger partial charge in [0.15, 0.2) is 0 Å². The fourth-order valence-corrected chi connectivity index (χ4v) is 3.31. The zero-order valence-electron chi connectivity index (χ0n) is 16.3. The summed E-state index contributed by atoms with van der Waals surface area (Å²) < 4.78 is 0. The first kappa shape index (κ1) is 18.7. The number of nitrogens with zero attached hydrogens (tertiary/aromatic N) is 3. The Hall–Kier alpha value is -3.67. The molecule has 0 atom stereocenters. The van der Waals surface area contributed by atoms with Gasteiger partial charge < -0.3 is 15.2 Å². The Kier molecular flexibility index (Phi) is 5.52. The fourth-order valence-electron chi connectivity index (χ4n) is 3.31. The Balaban J connectivity index is 1.32. The van der Waals surface area contributed by atoms with Crippen LogP contribution in [0.4, 0.5) is 5.82 Å². The molecule has 2 aromatic carbocycles. The number of rotatable bonds is 7. The van der Waals surface area contributed by atoms with E-state index in [0.717, 1.165) is 24.3 Å². The molecule has 0 fully saturated rings. The number of fused-ring (bicyclic) bond motifs is 1. The van der Waals surface area contributed by atoms with Crippen LogP contribution < -0.4 is 10.2 Å². The second-order valence-corrected chi connectivity index (χ2v) is 6.97. The van der Waals surface area contributed by atoms with E-state index in [2.05, 4.69) is 38.5 Å². The lowest BCUT2D eigenvalue weighted by molar-refractivity contribution is 0.0949. The van der Waals surface area contributed by atoms with Gasteiger partial charge in [0, 0.05) is 37.2 Å². The van der Waals surface area contributed by atoms with Crippen LogP contribution in [0.1, 0.15) is 21.6 Å². The van der Waals surface area contributed by atoms with Crippen LogP contribution in [-0.2, 0) is 13.0 Å². The lowest BCUT2D eigenvalue weighted by Crippen LogP contribution is -2.27. The molecule has 29 heavy (non-hydrogen) atoms. The van der Waals surface area contributed by atoms with Crippen molar-refractivity contribution < 1.29 is 4.79 Å². The van der Waals surface area contributed by atoms with Crippen LogP contribution in [0.2, 0.25) is 0 Å². The van der Waals surface area contributed by atoms with Crippen LogP contribution in [0.15, 0.2) is 73.2 Å². The lowest BCUT2D eigenvalue weighted by Gasteiger charge is -2.17. The summed E-state index contributed by atoms with van der Waals surface area (Å²) in [4.78, 5) is 26.3. The number of para-hydroxylation sites is 1. The number of aromatic amines is 1. The predicted molar refractivity (Wildman–Crippen MR) is 115 cm³/mol. The quantitative estimate of drug-likeness (QED) is 0.510. The molecule has 0 aliphatic heterocycles. The van der Waals surface area contributed by atoms with Gasteiger partial charge in [0.05, 0.1) is 12.4 Å². The lowest BCUT2D eigenvalue weighted by atomic mass is 10.1. The molecule has 0 spiro atoms. The molecule has 6 heteroatoms. The molecule has 0 saturated carbocycles. The van der Waals surface area contributed by atoms with E-state index in [1.165, 1.54) is 22.7 Å². The summed E-state index contributed by atoms with van der Waals surface area (Å²) in [6.45, 7) is 1.27. The molecule has 0 aliphatic carbocycles. The highest BCUT2D eigenvalue weighted by Crippen LogP contribution is 2.17. The number of benzene rings is 2. The summed E-state index contributed by atoms with van der Waals surface area (Å²) in [6.07, 6.45) is 5.91. The van der Waals surface area contributed by atoms with Crippen molar-refractivity contribution in [3.8, 4) is 0 Å². The zero-order chi connectivity index (χ0) is 20.1. The Morgan fingerprint density at radius 1 is 1.03 bits per heavy atom. The zero-order valence-corrected chi connectivity index (χ0v) is 16.3. The number of nitrogens with one attached hydrogen (secondary N) is 2. The number of H-pyrrole nitrogens is 1. The summed E-state index contributed by atoms with van der Waals surface area (Å²) in [6, 6.07) is 18.3. The van der Waals surface area contributed by atoms with Gasteiger partial charge in [0.2, 0.25) is 0 Å². The number of hydrogen-bond donors (Lipinski definition) is 2. The molecule has 2 N–H and O–H groups in total. The minimum atomic E-state index is -0.213. The molecule has 0 saturated heterocycles. The van der Waals surface area contributed by atoms with Crippen LogP contribution in [0.5, 0.6) is 0 Å². The van der Waals surface area contributed by atoms with E-state index in [1.54, 1.807) is 6.20 Å². The van der Waals surface area contributed by atoms with Crippen molar-refractivity contribution in [1.29, 1.82) is 0 Å². The van der Waals surface area contributed by atoms with E-state index in [9.17, 15) is 4.79 Å². The normalized spacial score (nSPS) is 10.8. The topological polar surface area (TPSA) is 73.9 Å². The maximum absolute atomic E-state index is 12.4. The Bertz CT molecular complexity index is 1090. The first-order chi connectivity index (χ1) is 14.2. The molecule has 4 aromatic rings. The van der Waals surface area contributed by atoms with Gasteiger partial charge in [-0.2, -0.15) is 0 Å². The van der Waals surface area contributed by atoms with E-state index in [4.69, 9.17) is 0 Å². The average molecular weight is 385 g/mol. The number of amides is 1. The highest BCUT2D eigenvalue weighted by atomic mass is 16.1. The molecular formula is C23H23N5O. The summed E-state index contributed by atoms with van der Waals surface area (Å²) in [7, 11) is 1.96. The Morgan fingerprint density at radius 2 is 1.83 bits per heavy atom. The number of aromatic nitrogens is 3. The second kappa shape index (κ2) is 8.56. The van der Waals surface area contributed by atoms with Gasteiger partial charge in [-0.1, -0.05) is 48.5 Å². The van der Waals surface area contributed by atoms with Gasteiger partial charge in [-0.05, 0) is 23.6 Å². The maximum Gasteiger partial charge on any atom is 0.271 e. The summed E-state index contributed by atoms with van der Waals surface area (Å²) in [5.41, 5.74) is 3.80. The van der Waals surface area contributed by atoms with E-state index < -0.39 is 0 Å². The maximum atomic E-state index is 12.4. The van der Waals surface area contributed by atoms with Gasteiger partial charge in [0.1, 0.15) is 11.5 Å². The summed E-state index contributed by atoms with van der Waals surface area (Å²) in [5.74, 6) is 0.513. The van der Waals surface area contributed by atoms with Crippen molar-refractivity contribution in [3.63, 3.8) is 0 Å². The number of hydrogen-bond acceptors (Lipinski definition) is 4. The minimum Gasteiger partial charge on any atom is -0.361 e. The smallest absolute Gasteiger partial charge is 0.271 e. The fraction of sp³-hybridized carbons (Fsp3) is 0.174. The molecular weight excluding hydrogens is 362 g/mol. The van der Waals surface area contributed by atoms with E-state index in [0.29, 0.717) is 12.2 Å². The van der Waals surface area contributed by atoms with Crippen LogP contribution >= 0.6 is 0 Å². The predicted octanol–water partition coefficient (Wildman–Crippen LogP) is 3.57. The molecule has 0 bridgehead atoms. The number of carbonyl (C=O) groups is 1. The SMILES string of the molecule is CN(Cc1ccccc1)c1cnc(C(=O)NCCc2c[nH]c3ccccc23)cn1. The Labute approximate surface area is 169 Å². The van der Waals surface area contributed by atoms with Crippen molar-refractivity contribution >= 4 is 22.6 Å². The van der Waals surface area contributed by atoms with E-state index >= 15 is 0 Å². The monoisotopic (exact) mass is 385 g/mol. The molecule has 146 valence electrons. The van der Waals surface area contributed by atoms with Crippen molar-refractivity contribution in [1.82, 2.24) is 20.3 Å². The molecule has 0 unspecified atom stereocenters. The van der Waals surface area contributed by atoms with Gasteiger partial charge in [-0.3, -0.25) is 4.79 Å². The van der Waals surface area contributed by atoms with Crippen molar-refractivity contribution in [2.75, 3.05) is 18.5 Å². The minimum absolute atomic E-state index is 0.213. The standard InChI is InChI=1S/C23H23N5O/c1-28(16-17-7-3-2-4-8-17)22-15-26-21(14-27-22)23(29)24-12-11-18-13-25-20-10-6-5-9-19(18)20/h2-10,13-15,25H,11-12,16H2,1H3,(H,24,29). The van der Waals surface area contributed by atoms with E-state index in [1.807, 2.05) is 54.5 Å². The number of anilines is 1. The highest BCUT2D eigenvalue weighted by molar-refractivity contribution is 5.92. The summed E-state index contributed by atoms with van der Waals surface area (Å²) >= 11 is 0. The van der Waals surface area contributed by atoms with Crippen LogP contribution in [0.25, 0.3) is 10.9 Å². The molecule has 6 nitrogen and oxygen atoms in total. The average Bonchev–Trinajstić information content (AvgIpc) is 3.18. The van der Waals surface area contributed by atoms with Crippen LogP contribution in [0, 0.1) is 0 Å². The highest BCUT2D eigenvalue weighted by Gasteiger charge is 2.10. The molecule has 1 amide bonds. The molecule has 2 aromatic heterocycles. The van der Waals surface area contributed by atoms with Crippen molar-refractivity contribution in [2.24, 2.45) is 0 Å². The third kappa shape index (κ3) is 4.43. The molecule has 2 heterocycles. The molecule has 0 aliphatic rings. The van der Waals surface area contributed by atoms with Crippen LogP contribution in [-0.4, -0.2) is 34.5 Å². The first-order valence-electron chi connectivity index (χ1n) is 9.61. The van der Waals surface area contributed by atoms with Gasteiger partial charge >= 0.3 is 0 Å².